The van der Waals surface area contributed by atoms with Gasteiger partial charge in [0.2, 0.25) is 0 Å². The number of unbranched alkanes of at least 4 members (excludes halogenated alkanes) is 3. The molecule has 128 valence electrons. The predicted octanol–water partition coefficient (Wildman–Crippen LogP) is 5.44. The maximum absolute atomic E-state index is 11.3. The van der Waals surface area contributed by atoms with Crippen LogP contribution in [0.5, 0.6) is 0 Å². The first-order valence-corrected chi connectivity index (χ1v) is 12.0. The van der Waals surface area contributed by atoms with Crippen LogP contribution in [0.3, 0.4) is 0 Å². The van der Waals surface area contributed by atoms with Gasteiger partial charge in [0.1, 0.15) is 0 Å². The van der Waals surface area contributed by atoms with E-state index in [1.807, 2.05) is 12.1 Å². The molecule has 0 aliphatic rings. The van der Waals surface area contributed by atoms with Gasteiger partial charge < -0.3 is 0 Å². The molecule has 0 spiro atoms. The number of carboxylic acids is 1. The summed E-state index contributed by atoms with van der Waals surface area (Å²) in [5, 5.41) is 9.25. The van der Waals surface area contributed by atoms with Crippen LogP contribution in [0.2, 0.25) is 3.43 Å². The summed E-state index contributed by atoms with van der Waals surface area (Å²) in [7, 11) is 0. The van der Waals surface area contributed by atoms with Gasteiger partial charge in [-0.2, -0.15) is 0 Å². The standard InChI is InChI=1S/C13H27.C7H5O2.Sn/c1-4-7-10-13(11-8-5-2)12-9-6-3;8-7(9)6-4-2-1-3-5-6;/h4-12H2,1-3H3;1-2,4-5H,(H,8,9);. The van der Waals surface area contributed by atoms with Crippen LogP contribution in [0, 0.1) is 0 Å². The van der Waals surface area contributed by atoms with E-state index in [0.29, 0.717) is 8.99 Å². The van der Waals surface area contributed by atoms with Crippen LogP contribution in [-0.4, -0.2) is 32.2 Å². The summed E-state index contributed by atoms with van der Waals surface area (Å²) < 4.78 is 1.87. The van der Waals surface area contributed by atoms with Crippen molar-refractivity contribution in [1.29, 1.82) is 0 Å². The topological polar surface area (TPSA) is 37.3 Å². The van der Waals surface area contributed by atoms with Gasteiger partial charge in [-0.25, -0.2) is 0 Å². The SMILES string of the molecule is CCCC[C](CCCC)(CCCC)[Sn][c]1cccc(C(=O)O)c1. The van der Waals surface area contributed by atoms with Crippen molar-refractivity contribution in [3.63, 3.8) is 0 Å². The van der Waals surface area contributed by atoms with Crippen LogP contribution in [0.25, 0.3) is 0 Å². The van der Waals surface area contributed by atoms with Crippen LogP contribution < -0.4 is 3.58 Å². The average Bonchev–Trinajstić information content (AvgIpc) is 2.56. The fraction of sp³-hybridized carbons (Fsp3) is 0.650. The van der Waals surface area contributed by atoms with E-state index in [2.05, 4.69) is 26.8 Å². The molecular weight excluding hydrogens is 391 g/mol. The molecule has 23 heavy (non-hydrogen) atoms. The van der Waals surface area contributed by atoms with E-state index in [1.165, 1.54) is 61.4 Å². The minimum absolute atomic E-state index is 0.457. The van der Waals surface area contributed by atoms with Gasteiger partial charge in [-0.15, -0.1) is 0 Å². The van der Waals surface area contributed by atoms with Gasteiger partial charge >= 0.3 is 152 Å². The van der Waals surface area contributed by atoms with E-state index < -0.39 is 27.1 Å². The van der Waals surface area contributed by atoms with Gasteiger partial charge in [-0.1, -0.05) is 0 Å². The molecule has 0 amide bonds. The monoisotopic (exact) mass is 424 g/mol. The Balaban J connectivity index is 2.99. The molecule has 2 radical (unpaired) electrons. The average molecular weight is 423 g/mol. The molecule has 0 atom stereocenters. The quantitative estimate of drug-likeness (QED) is 0.455. The Morgan fingerprint density at radius 1 is 1.00 bits per heavy atom. The number of aromatic carboxylic acids is 1. The van der Waals surface area contributed by atoms with Crippen molar-refractivity contribution in [2.24, 2.45) is 0 Å². The zero-order valence-corrected chi connectivity index (χ0v) is 17.9. The van der Waals surface area contributed by atoms with E-state index in [9.17, 15) is 9.90 Å². The normalized spacial score (nSPS) is 11.6. The third kappa shape index (κ3) is 7.28. The molecule has 1 aromatic carbocycles. The molecular formula is C20H32O2Sn. The van der Waals surface area contributed by atoms with Crippen molar-refractivity contribution >= 4 is 30.7 Å². The van der Waals surface area contributed by atoms with Crippen LogP contribution in [-0.2, 0) is 0 Å². The number of carboxylic acid groups (broad SMARTS) is 1. The van der Waals surface area contributed by atoms with Crippen LogP contribution in [0.15, 0.2) is 24.3 Å². The first-order chi connectivity index (χ1) is 11.1. The number of benzene rings is 1. The van der Waals surface area contributed by atoms with Crippen molar-refractivity contribution in [3.05, 3.63) is 29.8 Å². The molecule has 0 saturated carbocycles. The van der Waals surface area contributed by atoms with Crippen LogP contribution in [0.1, 0.15) is 88.9 Å². The molecule has 0 bridgehead atoms. The summed E-state index contributed by atoms with van der Waals surface area (Å²) in [5.41, 5.74) is 0.457. The minimum atomic E-state index is -0.819. The fourth-order valence-corrected chi connectivity index (χ4v) is 8.64. The van der Waals surface area contributed by atoms with Crippen molar-refractivity contribution in [3.8, 4) is 0 Å². The molecule has 3 heteroatoms. The second-order valence-electron chi connectivity index (χ2n) is 6.60. The zero-order chi connectivity index (χ0) is 17.1. The van der Waals surface area contributed by atoms with Crippen molar-refractivity contribution in [2.45, 2.75) is 82.0 Å². The van der Waals surface area contributed by atoms with Crippen molar-refractivity contribution < 1.29 is 9.90 Å². The number of rotatable bonds is 12. The first-order valence-electron chi connectivity index (χ1n) is 9.18. The first kappa shape index (κ1) is 20.5. The van der Waals surface area contributed by atoms with Gasteiger partial charge in [-0.3, -0.25) is 0 Å². The predicted molar refractivity (Wildman–Crippen MR) is 100 cm³/mol. The summed E-state index contributed by atoms with van der Waals surface area (Å²) in [6, 6.07) is 7.78. The summed E-state index contributed by atoms with van der Waals surface area (Å²) in [6.45, 7) is 6.83. The summed E-state index contributed by atoms with van der Waals surface area (Å²) in [4.78, 5) is 11.3. The van der Waals surface area contributed by atoms with E-state index in [-0.39, 0.29) is 0 Å². The summed E-state index contributed by atoms with van der Waals surface area (Å²) >= 11 is -0.819. The van der Waals surface area contributed by atoms with Crippen molar-refractivity contribution in [2.75, 3.05) is 0 Å². The third-order valence-corrected chi connectivity index (χ3v) is 9.91. The number of carbonyl (C=O) groups is 1. The second kappa shape index (κ2) is 11.1. The van der Waals surface area contributed by atoms with E-state index in [1.54, 1.807) is 6.07 Å². The van der Waals surface area contributed by atoms with E-state index >= 15 is 0 Å². The molecule has 0 fully saturated rings. The summed E-state index contributed by atoms with van der Waals surface area (Å²) in [6.07, 6.45) is 11.7. The molecule has 1 rings (SSSR count). The van der Waals surface area contributed by atoms with E-state index in [4.69, 9.17) is 0 Å². The maximum atomic E-state index is 11.3. The molecule has 1 N–H and O–H groups in total. The summed E-state index contributed by atoms with van der Waals surface area (Å²) in [5.74, 6) is -0.799. The molecule has 0 heterocycles. The Morgan fingerprint density at radius 3 is 1.96 bits per heavy atom. The van der Waals surface area contributed by atoms with Crippen LogP contribution >= 0.6 is 0 Å². The number of hydrogen-bond donors (Lipinski definition) is 1. The molecule has 0 unspecified atom stereocenters. The second-order valence-corrected chi connectivity index (χ2v) is 12.0. The zero-order valence-electron chi connectivity index (χ0n) is 15.0. The number of hydrogen-bond acceptors (Lipinski definition) is 1. The van der Waals surface area contributed by atoms with Gasteiger partial charge in [-0.05, 0) is 0 Å². The van der Waals surface area contributed by atoms with Gasteiger partial charge in [0.05, 0.1) is 0 Å². The molecule has 0 saturated heterocycles. The molecule has 0 aromatic heterocycles. The fourth-order valence-electron chi connectivity index (χ4n) is 3.14. The molecule has 1 aromatic rings. The van der Waals surface area contributed by atoms with Gasteiger partial charge in [0.25, 0.3) is 0 Å². The van der Waals surface area contributed by atoms with Crippen LogP contribution in [0.4, 0.5) is 0 Å². The third-order valence-electron chi connectivity index (χ3n) is 4.55. The Labute approximate surface area is 152 Å². The van der Waals surface area contributed by atoms with Crippen molar-refractivity contribution in [1.82, 2.24) is 0 Å². The molecule has 0 aliphatic heterocycles. The Kier molecular flexibility index (Phi) is 9.92. The van der Waals surface area contributed by atoms with Gasteiger partial charge in [0, 0.05) is 0 Å². The Hall–Kier alpha value is -0.511. The Bertz CT molecular complexity index is 449. The van der Waals surface area contributed by atoms with E-state index in [0.717, 1.165) is 0 Å². The molecule has 2 nitrogen and oxygen atoms in total. The molecule has 0 aliphatic carbocycles. The Morgan fingerprint density at radius 2 is 1.52 bits per heavy atom. The van der Waals surface area contributed by atoms with Gasteiger partial charge in [0.15, 0.2) is 0 Å².